The van der Waals surface area contributed by atoms with E-state index >= 15 is 0 Å². The average molecular weight is 472 g/mol. The summed E-state index contributed by atoms with van der Waals surface area (Å²) in [7, 11) is 0. The van der Waals surface area contributed by atoms with Gasteiger partial charge in [-0.15, -0.1) is 24.0 Å². The van der Waals surface area contributed by atoms with Gasteiger partial charge in [0.2, 0.25) is 0 Å². The number of aliphatic imine (C=N–C) groups is 1. The summed E-state index contributed by atoms with van der Waals surface area (Å²) in [6.45, 7) is 7.03. The summed E-state index contributed by atoms with van der Waals surface area (Å²) in [4.78, 5) is 30.0. The summed E-state index contributed by atoms with van der Waals surface area (Å²) in [5.74, 6) is 0.542. The minimum absolute atomic E-state index is 0. The monoisotopic (exact) mass is 472 g/mol. The van der Waals surface area contributed by atoms with Crippen molar-refractivity contribution < 1.29 is 9.59 Å². The highest BCUT2D eigenvalue weighted by atomic mass is 127. The van der Waals surface area contributed by atoms with Crippen LogP contribution in [0.25, 0.3) is 0 Å². The third-order valence-electron chi connectivity index (χ3n) is 4.30. The molecule has 0 saturated heterocycles. The van der Waals surface area contributed by atoms with Gasteiger partial charge in [0.1, 0.15) is 0 Å². The molecule has 26 heavy (non-hydrogen) atoms. The van der Waals surface area contributed by atoms with Crippen LogP contribution in [0.2, 0.25) is 0 Å². The van der Waals surface area contributed by atoms with Gasteiger partial charge in [0, 0.05) is 12.6 Å². The summed E-state index contributed by atoms with van der Waals surface area (Å²) in [6.07, 6.45) is 3.38. The molecule has 1 aliphatic heterocycles. The quantitative estimate of drug-likeness (QED) is 0.264. The molecule has 3 N–H and O–H groups in total. The maximum absolute atomic E-state index is 12.2. The third kappa shape index (κ3) is 5.96. The second-order valence-corrected chi connectivity index (χ2v) is 6.94. The van der Waals surface area contributed by atoms with Crippen molar-refractivity contribution in [3.05, 3.63) is 35.4 Å². The number of fused-ring (bicyclic) bond motifs is 1. The van der Waals surface area contributed by atoms with Crippen LogP contribution in [0.4, 0.5) is 0 Å². The van der Waals surface area contributed by atoms with Gasteiger partial charge in [-0.25, -0.2) is 0 Å². The fourth-order valence-electron chi connectivity index (χ4n) is 2.92. The first kappa shape index (κ1) is 22.4. The van der Waals surface area contributed by atoms with Gasteiger partial charge in [0.05, 0.1) is 17.7 Å². The molecule has 0 aliphatic carbocycles. The highest BCUT2D eigenvalue weighted by Gasteiger charge is 2.34. The van der Waals surface area contributed by atoms with Crippen LogP contribution in [0, 0.1) is 5.92 Å². The lowest BCUT2D eigenvalue weighted by atomic mass is 10.0. The van der Waals surface area contributed by atoms with E-state index in [1.807, 2.05) is 0 Å². The van der Waals surface area contributed by atoms with Crippen molar-refractivity contribution >= 4 is 41.8 Å². The van der Waals surface area contributed by atoms with Gasteiger partial charge >= 0.3 is 0 Å². The number of halogens is 1. The fraction of sp³-hybridized carbons (Fsp3) is 0.526. The highest BCUT2D eigenvalue weighted by Crippen LogP contribution is 2.21. The van der Waals surface area contributed by atoms with Crippen molar-refractivity contribution in [1.82, 2.24) is 10.2 Å². The number of rotatable bonds is 8. The third-order valence-corrected chi connectivity index (χ3v) is 4.30. The molecule has 1 aromatic carbocycles. The van der Waals surface area contributed by atoms with Crippen LogP contribution in [0.5, 0.6) is 0 Å². The zero-order valence-electron chi connectivity index (χ0n) is 15.7. The minimum Gasteiger partial charge on any atom is -0.370 e. The smallest absolute Gasteiger partial charge is 0.261 e. The Morgan fingerprint density at radius 1 is 1.12 bits per heavy atom. The van der Waals surface area contributed by atoms with Crippen LogP contribution in [-0.4, -0.2) is 41.8 Å². The van der Waals surface area contributed by atoms with Gasteiger partial charge in [-0.05, 0) is 31.4 Å². The van der Waals surface area contributed by atoms with E-state index in [0.29, 0.717) is 29.5 Å². The molecule has 0 bridgehead atoms. The molecule has 144 valence electrons. The van der Waals surface area contributed by atoms with Crippen LogP contribution in [-0.2, 0) is 0 Å². The topological polar surface area (TPSA) is 87.8 Å². The number of carbonyl (C=O) groups excluding carboxylic acids is 2. The molecule has 0 fully saturated rings. The number of benzene rings is 1. The van der Waals surface area contributed by atoms with E-state index in [0.717, 1.165) is 12.8 Å². The molecule has 1 aromatic rings. The maximum Gasteiger partial charge on any atom is 0.261 e. The largest absolute Gasteiger partial charge is 0.370 e. The zero-order valence-corrected chi connectivity index (χ0v) is 18.0. The normalized spacial score (nSPS) is 15.1. The molecule has 2 amide bonds. The van der Waals surface area contributed by atoms with E-state index < -0.39 is 0 Å². The highest BCUT2D eigenvalue weighted by molar-refractivity contribution is 14.0. The molecule has 1 heterocycles. The lowest BCUT2D eigenvalue weighted by Crippen LogP contribution is -2.39. The summed E-state index contributed by atoms with van der Waals surface area (Å²) in [6, 6.07) is 7.12. The first-order valence-corrected chi connectivity index (χ1v) is 8.91. The number of hydrogen-bond donors (Lipinski definition) is 2. The molecular formula is C19H29IN4O2. The molecule has 1 atom stereocenters. The van der Waals surface area contributed by atoms with E-state index in [-0.39, 0.29) is 48.4 Å². The number of guanidine groups is 1. The number of nitrogens with two attached hydrogens (primary N) is 1. The second-order valence-electron chi connectivity index (χ2n) is 6.94. The molecule has 1 unspecified atom stereocenters. The molecule has 1 aliphatic rings. The Balaban J connectivity index is 0.00000338. The van der Waals surface area contributed by atoms with Gasteiger partial charge in [0.15, 0.2) is 5.96 Å². The van der Waals surface area contributed by atoms with Gasteiger partial charge in [0.25, 0.3) is 11.8 Å². The molecule has 6 nitrogen and oxygen atoms in total. The average Bonchev–Trinajstić information content (AvgIpc) is 2.80. The lowest BCUT2D eigenvalue weighted by Gasteiger charge is -2.16. The number of nitrogens with zero attached hydrogens (tertiary/aromatic N) is 2. The Morgan fingerprint density at radius 2 is 1.69 bits per heavy atom. The number of hydrogen-bond acceptors (Lipinski definition) is 3. The Bertz CT molecular complexity index is 626. The molecular weight excluding hydrogens is 443 g/mol. The van der Waals surface area contributed by atoms with E-state index in [1.165, 1.54) is 11.3 Å². The number of amides is 2. The predicted molar refractivity (Wildman–Crippen MR) is 115 cm³/mol. The summed E-state index contributed by atoms with van der Waals surface area (Å²) in [5, 5.41) is 3.16. The molecule has 0 radical (unpaired) electrons. The molecule has 0 aromatic heterocycles. The molecule has 7 heteroatoms. The maximum atomic E-state index is 12.2. The van der Waals surface area contributed by atoms with Gasteiger partial charge in [-0.1, -0.05) is 38.8 Å². The van der Waals surface area contributed by atoms with Crippen LogP contribution >= 0.6 is 24.0 Å². The number of carbonyl (C=O) groups is 2. The van der Waals surface area contributed by atoms with E-state index in [1.54, 1.807) is 24.3 Å². The first-order chi connectivity index (χ1) is 11.9. The first-order valence-electron chi connectivity index (χ1n) is 8.91. The number of nitrogens with one attached hydrogen (secondary N) is 1. The lowest BCUT2D eigenvalue weighted by molar-refractivity contribution is 0.0659. The molecule has 0 saturated carbocycles. The Morgan fingerprint density at radius 3 is 2.23 bits per heavy atom. The Labute approximate surface area is 172 Å². The van der Waals surface area contributed by atoms with Gasteiger partial charge < -0.3 is 11.1 Å². The second kappa shape index (κ2) is 10.5. The zero-order chi connectivity index (χ0) is 18.4. The Kier molecular flexibility index (Phi) is 9.04. The van der Waals surface area contributed by atoms with Crippen LogP contribution in [0.1, 0.15) is 60.7 Å². The van der Waals surface area contributed by atoms with Crippen molar-refractivity contribution in [3.8, 4) is 0 Å². The van der Waals surface area contributed by atoms with Crippen molar-refractivity contribution in [3.63, 3.8) is 0 Å². The number of imide groups is 1. The van der Waals surface area contributed by atoms with Crippen LogP contribution in [0.15, 0.2) is 29.3 Å². The molecule has 2 rings (SSSR count). The predicted octanol–water partition coefficient (Wildman–Crippen LogP) is 3.02. The Hall–Kier alpha value is -1.64. The SMILES string of the molecule is CC(C)CCCC(C)NC(N)=NCCN1C(=O)c2ccccc2C1=O.I. The molecule has 0 spiro atoms. The van der Waals surface area contributed by atoms with Gasteiger partial charge in [-0.3, -0.25) is 19.5 Å². The summed E-state index contributed by atoms with van der Waals surface area (Å²) in [5.41, 5.74) is 6.81. The van der Waals surface area contributed by atoms with Crippen molar-refractivity contribution in [2.24, 2.45) is 16.6 Å². The standard InChI is InChI=1S/C19H28N4O2.HI/c1-13(2)7-6-8-14(3)22-19(20)21-11-12-23-17(24)15-9-4-5-10-16(15)18(23)25;/h4-5,9-10,13-14H,6-8,11-12H2,1-3H3,(H3,20,21,22);1H. The van der Waals surface area contributed by atoms with E-state index in [2.05, 4.69) is 31.1 Å². The van der Waals surface area contributed by atoms with Crippen LogP contribution < -0.4 is 11.1 Å². The van der Waals surface area contributed by atoms with Gasteiger partial charge in [-0.2, -0.15) is 0 Å². The van der Waals surface area contributed by atoms with Crippen molar-refractivity contribution in [2.75, 3.05) is 13.1 Å². The van der Waals surface area contributed by atoms with Crippen molar-refractivity contribution in [2.45, 2.75) is 46.1 Å². The fourth-order valence-corrected chi connectivity index (χ4v) is 2.92. The summed E-state index contributed by atoms with van der Waals surface area (Å²) >= 11 is 0. The summed E-state index contributed by atoms with van der Waals surface area (Å²) < 4.78 is 0. The van der Waals surface area contributed by atoms with E-state index in [4.69, 9.17) is 5.73 Å². The van der Waals surface area contributed by atoms with E-state index in [9.17, 15) is 9.59 Å². The van der Waals surface area contributed by atoms with Crippen LogP contribution in [0.3, 0.4) is 0 Å². The van der Waals surface area contributed by atoms with Crippen molar-refractivity contribution in [1.29, 1.82) is 0 Å². The minimum atomic E-state index is -0.260.